The first-order valence-electron chi connectivity index (χ1n) is 7.31. The minimum atomic E-state index is -0.297. The maximum atomic E-state index is 9.26. The second-order valence-electron chi connectivity index (χ2n) is 5.92. The number of nitrogens with one attached hydrogen (secondary N) is 1. The first kappa shape index (κ1) is 16.8. The average Bonchev–Trinajstić information content (AvgIpc) is 2.53. The number of ether oxygens (including phenoxy) is 1. The highest BCUT2D eigenvalue weighted by Crippen LogP contribution is 2.19. The second kappa shape index (κ2) is 7.63. The van der Waals surface area contributed by atoms with Gasteiger partial charge in [0.05, 0.1) is 6.61 Å². The van der Waals surface area contributed by atoms with Gasteiger partial charge in [-0.1, -0.05) is 41.9 Å². The van der Waals surface area contributed by atoms with Crippen molar-refractivity contribution < 1.29 is 9.84 Å². The lowest BCUT2D eigenvalue weighted by atomic mass is 10.1. The van der Waals surface area contributed by atoms with Crippen LogP contribution in [0.25, 0.3) is 0 Å². The summed E-state index contributed by atoms with van der Waals surface area (Å²) in [5.74, 6) is 0.807. The standard InChI is InChI=1S/C18H22ClNO2/c1-18(2,13-21)20-11-14-6-5-8-16(10-14)22-12-15-7-3-4-9-17(15)19/h3-10,20-21H,11-13H2,1-2H3. The van der Waals surface area contributed by atoms with Crippen molar-refractivity contribution in [1.29, 1.82) is 0 Å². The molecule has 0 atom stereocenters. The molecule has 22 heavy (non-hydrogen) atoms. The van der Waals surface area contributed by atoms with Gasteiger partial charge in [-0.05, 0) is 37.6 Å². The Balaban J connectivity index is 1.95. The lowest BCUT2D eigenvalue weighted by molar-refractivity contribution is 0.187. The smallest absolute Gasteiger partial charge is 0.120 e. The van der Waals surface area contributed by atoms with Gasteiger partial charge in [0.2, 0.25) is 0 Å². The molecule has 4 heteroatoms. The van der Waals surface area contributed by atoms with Gasteiger partial charge in [0, 0.05) is 22.7 Å². The van der Waals surface area contributed by atoms with Crippen molar-refractivity contribution >= 4 is 11.6 Å². The number of aliphatic hydroxyl groups excluding tert-OH is 1. The quantitative estimate of drug-likeness (QED) is 0.816. The van der Waals surface area contributed by atoms with Crippen molar-refractivity contribution in [3.8, 4) is 5.75 Å². The molecule has 2 N–H and O–H groups in total. The van der Waals surface area contributed by atoms with Gasteiger partial charge in [-0.25, -0.2) is 0 Å². The fourth-order valence-corrected chi connectivity index (χ4v) is 2.11. The number of rotatable bonds is 7. The Morgan fingerprint density at radius 1 is 1.14 bits per heavy atom. The molecule has 2 aromatic rings. The van der Waals surface area contributed by atoms with Crippen LogP contribution in [0.15, 0.2) is 48.5 Å². The van der Waals surface area contributed by atoms with Crippen molar-refractivity contribution in [3.05, 3.63) is 64.7 Å². The predicted molar refractivity (Wildman–Crippen MR) is 90.2 cm³/mol. The summed E-state index contributed by atoms with van der Waals surface area (Å²) in [6, 6.07) is 15.6. The molecule has 3 nitrogen and oxygen atoms in total. The Morgan fingerprint density at radius 3 is 2.64 bits per heavy atom. The third-order valence-corrected chi connectivity index (χ3v) is 3.79. The fourth-order valence-electron chi connectivity index (χ4n) is 1.92. The maximum Gasteiger partial charge on any atom is 0.120 e. The number of hydrogen-bond acceptors (Lipinski definition) is 3. The topological polar surface area (TPSA) is 41.5 Å². The number of halogens is 1. The Morgan fingerprint density at radius 2 is 1.91 bits per heavy atom. The molecule has 0 saturated carbocycles. The zero-order valence-corrected chi connectivity index (χ0v) is 13.7. The molecule has 0 aliphatic carbocycles. The van der Waals surface area contributed by atoms with Gasteiger partial charge < -0.3 is 15.2 Å². The predicted octanol–water partition coefficient (Wildman–Crippen LogP) is 3.78. The number of benzene rings is 2. The normalized spacial score (nSPS) is 11.5. The van der Waals surface area contributed by atoms with E-state index in [4.69, 9.17) is 16.3 Å². The summed E-state index contributed by atoms with van der Waals surface area (Å²) in [5.41, 5.74) is 1.78. The van der Waals surface area contributed by atoms with E-state index in [-0.39, 0.29) is 12.1 Å². The van der Waals surface area contributed by atoms with Crippen LogP contribution in [0.5, 0.6) is 5.75 Å². The molecular weight excluding hydrogens is 298 g/mol. The first-order valence-corrected chi connectivity index (χ1v) is 7.69. The average molecular weight is 320 g/mol. The van der Waals surface area contributed by atoms with Crippen LogP contribution in [0.1, 0.15) is 25.0 Å². The van der Waals surface area contributed by atoms with E-state index >= 15 is 0 Å². The lowest BCUT2D eigenvalue weighted by Crippen LogP contribution is -2.42. The summed E-state index contributed by atoms with van der Waals surface area (Å²) < 4.78 is 5.81. The molecule has 2 aromatic carbocycles. The molecule has 0 aliphatic rings. The van der Waals surface area contributed by atoms with E-state index in [1.165, 1.54) is 0 Å². The lowest BCUT2D eigenvalue weighted by Gasteiger charge is -2.23. The number of hydrogen-bond donors (Lipinski definition) is 2. The SMILES string of the molecule is CC(C)(CO)NCc1cccc(OCc2ccccc2Cl)c1. The van der Waals surface area contributed by atoms with Gasteiger partial charge >= 0.3 is 0 Å². The summed E-state index contributed by atoms with van der Waals surface area (Å²) in [6.07, 6.45) is 0. The molecule has 0 unspecified atom stereocenters. The maximum absolute atomic E-state index is 9.26. The van der Waals surface area contributed by atoms with Crippen LogP contribution in [0.2, 0.25) is 5.02 Å². The minimum absolute atomic E-state index is 0.0930. The number of aliphatic hydroxyl groups is 1. The van der Waals surface area contributed by atoms with Crippen molar-refractivity contribution in [3.63, 3.8) is 0 Å². The summed E-state index contributed by atoms with van der Waals surface area (Å²) in [6.45, 7) is 5.14. The van der Waals surface area contributed by atoms with Crippen molar-refractivity contribution in [2.75, 3.05) is 6.61 Å². The monoisotopic (exact) mass is 319 g/mol. The van der Waals surface area contributed by atoms with Crippen LogP contribution >= 0.6 is 11.6 Å². The molecule has 0 fully saturated rings. The molecule has 0 aromatic heterocycles. The molecular formula is C18H22ClNO2. The molecule has 118 valence electrons. The minimum Gasteiger partial charge on any atom is -0.489 e. The van der Waals surface area contributed by atoms with Gasteiger partial charge in [-0.3, -0.25) is 0 Å². The van der Waals surface area contributed by atoms with Crippen molar-refractivity contribution in [1.82, 2.24) is 5.32 Å². The summed E-state index contributed by atoms with van der Waals surface area (Å²) in [5, 5.41) is 13.3. The first-order chi connectivity index (χ1) is 10.5. The third-order valence-electron chi connectivity index (χ3n) is 3.42. The Kier molecular flexibility index (Phi) is 5.83. The summed E-state index contributed by atoms with van der Waals surface area (Å²) >= 11 is 6.12. The molecule has 0 radical (unpaired) electrons. The van der Waals surface area contributed by atoms with E-state index in [1.54, 1.807) is 0 Å². The van der Waals surface area contributed by atoms with E-state index in [9.17, 15) is 5.11 Å². The van der Waals surface area contributed by atoms with Crippen LogP contribution in [-0.4, -0.2) is 17.3 Å². The molecule has 0 saturated heterocycles. The van der Waals surface area contributed by atoms with E-state index in [0.29, 0.717) is 18.2 Å². The molecule has 0 bridgehead atoms. The fraction of sp³-hybridized carbons (Fsp3) is 0.333. The zero-order chi connectivity index (χ0) is 16.0. The molecule has 0 heterocycles. The van der Waals surface area contributed by atoms with E-state index < -0.39 is 0 Å². The Bertz CT molecular complexity index is 614. The molecule has 0 spiro atoms. The second-order valence-corrected chi connectivity index (χ2v) is 6.33. The van der Waals surface area contributed by atoms with Crippen LogP contribution < -0.4 is 10.1 Å². The highest BCUT2D eigenvalue weighted by Gasteiger charge is 2.14. The molecule has 2 rings (SSSR count). The van der Waals surface area contributed by atoms with Gasteiger partial charge in [0.15, 0.2) is 0 Å². The highest BCUT2D eigenvalue weighted by atomic mass is 35.5. The van der Waals surface area contributed by atoms with Crippen LogP contribution in [0.3, 0.4) is 0 Å². The summed E-state index contributed by atoms with van der Waals surface area (Å²) in [4.78, 5) is 0. The van der Waals surface area contributed by atoms with Crippen molar-refractivity contribution in [2.24, 2.45) is 0 Å². The molecule has 0 aliphatic heterocycles. The Hall–Kier alpha value is -1.55. The Labute approximate surface area is 136 Å². The third kappa shape index (κ3) is 5.02. The van der Waals surface area contributed by atoms with Gasteiger partial charge in [-0.2, -0.15) is 0 Å². The van der Waals surface area contributed by atoms with E-state index in [1.807, 2.05) is 62.4 Å². The zero-order valence-electron chi connectivity index (χ0n) is 13.0. The van der Waals surface area contributed by atoms with Crippen LogP contribution in [-0.2, 0) is 13.2 Å². The molecule has 0 amide bonds. The van der Waals surface area contributed by atoms with E-state index in [0.717, 1.165) is 16.9 Å². The highest BCUT2D eigenvalue weighted by molar-refractivity contribution is 6.31. The van der Waals surface area contributed by atoms with Crippen LogP contribution in [0, 0.1) is 0 Å². The van der Waals surface area contributed by atoms with Gasteiger partial charge in [-0.15, -0.1) is 0 Å². The van der Waals surface area contributed by atoms with Gasteiger partial charge in [0.1, 0.15) is 12.4 Å². The van der Waals surface area contributed by atoms with E-state index in [2.05, 4.69) is 5.32 Å². The largest absolute Gasteiger partial charge is 0.489 e. The van der Waals surface area contributed by atoms with Gasteiger partial charge in [0.25, 0.3) is 0 Å². The van der Waals surface area contributed by atoms with Crippen molar-refractivity contribution in [2.45, 2.75) is 32.5 Å². The summed E-state index contributed by atoms with van der Waals surface area (Å²) in [7, 11) is 0. The van der Waals surface area contributed by atoms with Crippen LogP contribution in [0.4, 0.5) is 0 Å².